The molecule has 0 spiro atoms. The SMILES string of the molecule is C.O=C(c1ccc(Cl)cc1)c1ccc2c(c1)c(-c1cccc(Cl)c1)cc1nncn12. The van der Waals surface area contributed by atoms with E-state index in [4.69, 9.17) is 23.2 Å². The van der Waals surface area contributed by atoms with Gasteiger partial charge in [0.05, 0.1) is 5.52 Å². The Kier molecular flexibility index (Phi) is 5.29. The minimum Gasteiger partial charge on any atom is -0.289 e. The molecule has 2 heterocycles. The van der Waals surface area contributed by atoms with Crippen LogP contribution in [0.25, 0.3) is 27.7 Å². The van der Waals surface area contributed by atoms with Crippen LogP contribution >= 0.6 is 23.2 Å². The topological polar surface area (TPSA) is 47.3 Å². The van der Waals surface area contributed by atoms with Crippen LogP contribution < -0.4 is 0 Å². The first kappa shape index (κ1) is 20.1. The summed E-state index contributed by atoms with van der Waals surface area (Å²) < 4.78 is 1.90. The number of rotatable bonds is 3. The van der Waals surface area contributed by atoms with E-state index in [1.54, 1.807) is 30.6 Å². The Labute approximate surface area is 183 Å². The Morgan fingerprint density at radius 3 is 2.37 bits per heavy atom. The number of halogens is 2. The molecule has 0 aliphatic heterocycles. The molecule has 0 saturated carbocycles. The third-order valence-corrected chi connectivity index (χ3v) is 5.39. The lowest BCUT2D eigenvalue weighted by molar-refractivity contribution is 0.103. The average Bonchev–Trinajstić information content (AvgIpc) is 3.22. The predicted molar refractivity (Wildman–Crippen MR) is 123 cm³/mol. The summed E-state index contributed by atoms with van der Waals surface area (Å²) in [4.78, 5) is 13.0. The Morgan fingerprint density at radius 2 is 1.60 bits per heavy atom. The van der Waals surface area contributed by atoms with Gasteiger partial charge in [0.2, 0.25) is 0 Å². The number of carbonyl (C=O) groups excluding carboxylic acids is 1. The van der Waals surface area contributed by atoms with Gasteiger partial charge in [-0.1, -0.05) is 42.8 Å². The zero-order chi connectivity index (χ0) is 20.0. The van der Waals surface area contributed by atoms with Crippen molar-refractivity contribution in [2.24, 2.45) is 0 Å². The molecule has 5 rings (SSSR count). The normalized spacial score (nSPS) is 10.9. The van der Waals surface area contributed by atoms with Crippen molar-refractivity contribution >= 4 is 45.5 Å². The molecular formula is C24H17Cl2N3O. The summed E-state index contributed by atoms with van der Waals surface area (Å²) >= 11 is 12.2. The van der Waals surface area contributed by atoms with Crippen molar-refractivity contribution in [2.75, 3.05) is 0 Å². The van der Waals surface area contributed by atoms with Crippen LogP contribution in [0.3, 0.4) is 0 Å². The van der Waals surface area contributed by atoms with E-state index >= 15 is 0 Å². The van der Waals surface area contributed by atoms with Gasteiger partial charge < -0.3 is 0 Å². The van der Waals surface area contributed by atoms with Crippen molar-refractivity contribution < 1.29 is 4.79 Å². The quantitative estimate of drug-likeness (QED) is 0.296. The minimum absolute atomic E-state index is 0. The molecule has 5 aromatic rings. The Bertz CT molecular complexity index is 1390. The molecule has 0 atom stereocenters. The summed E-state index contributed by atoms with van der Waals surface area (Å²) in [6.07, 6.45) is 1.67. The van der Waals surface area contributed by atoms with Gasteiger partial charge >= 0.3 is 0 Å². The van der Waals surface area contributed by atoms with Gasteiger partial charge in [0.15, 0.2) is 11.4 Å². The molecule has 6 heteroatoms. The van der Waals surface area contributed by atoms with E-state index in [0.29, 0.717) is 21.2 Å². The third-order valence-electron chi connectivity index (χ3n) is 4.90. The number of aromatic nitrogens is 3. The average molecular weight is 434 g/mol. The fourth-order valence-corrected chi connectivity index (χ4v) is 3.82. The van der Waals surface area contributed by atoms with Crippen LogP contribution in [0.4, 0.5) is 0 Å². The summed E-state index contributed by atoms with van der Waals surface area (Å²) in [7, 11) is 0. The first-order valence-electron chi connectivity index (χ1n) is 8.93. The Hall–Kier alpha value is -3.21. The molecular weight excluding hydrogens is 417 g/mol. The number of hydrogen-bond donors (Lipinski definition) is 0. The molecule has 0 saturated heterocycles. The molecule has 0 aliphatic carbocycles. The predicted octanol–water partition coefficient (Wildman–Crippen LogP) is 6.72. The number of fused-ring (bicyclic) bond motifs is 3. The molecule has 0 unspecified atom stereocenters. The highest BCUT2D eigenvalue weighted by molar-refractivity contribution is 6.31. The van der Waals surface area contributed by atoms with E-state index in [0.717, 1.165) is 27.7 Å². The van der Waals surface area contributed by atoms with Gasteiger partial charge in [-0.2, -0.15) is 0 Å². The summed E-state index contributed by atoms with van der Waals surface area (Å²) in [5.41, 5.74) is 4.70. The van der Waals surface area contributed by atoms with Crippen LogP contribution in [-0.2, 0) is 0 Å². The monoisotopic (exact) mass is 433 g/mol. The molecule has 0 aliphatic rings. The highest BCUT2D eigenvalue weighted by Gasteiger charge is 2.15. The van der Waals surface area contributed by atoms with Crippen molar-refractivity contribution in [2.45, 2.75) is 7.43 Å². The summed E-state index contributed by atoms with van der Waals surface area (Å²) in [5.74, 6) is -0.0653. The van der Waals surface area contributed by atoms with Crippen LogP contribution in [0.5, 0.6) is 0 Å². The van der Waals surface area contributed by atoms with Crippen LogP contribution in [0.15, 0.2) is 79.1 Å². The number of benzene rings is 3. The molecule has 0 amide bonds. The molecule has 2 aromatic heterocycles. The zero-order valence-corrected chi connectivity index (χ0v) is 16.5. The van der Waals surface area contributed by atoms with Crippen molar-refractivity contribution in [3.8, 4) is 11.1 Å². The maximum atomic E-state index is 13.0. The van der Waals surface area contributed by atoms with Crippen molar-refractivity contribution in [1.29, 1.82) is 0 Å². The maximum absolute atomic E-state index is 13.0. The second-order valence-electron chi connectivity index (χ2n) is 6.70. The van der Waals surface area contributed by atoms with E-state index in [1.807, 2.05) is 52.9 Å². The second kappa shape index (κ2) is 7.90. The molecule has 0 radical (unpaired) electrons. The number of nitrogens with zero attached hydrogens (tertiary/aromatic N) is 3. The van der Waals surface area contributed by atoms with E-state index in [9.17, 15) is 4.79 Å². The van der Waals surface area contributed by atoms with Crippen molar-refractivity contribution in [1.82, 2.24) is 14.6 Å². The second-order valence-corrected chi connectivity index (χ2v) is 7.57. The molecule has 4 nitrogen and oxygen atoms in total. The van der Waals surface area contributed by atoms with E-state index in [1.165, 1.54) is 0 Å². The number of hydrogen-bond acceptors (Lipinski definition) is 3. The highest BCUT2D eigenvalue weighted by Crippen LogP contribution is 2.32. The molecule has 148 valence electrons. The molecule has 0 bridgehead atoms. The van der Waals surface area contributed by atoms with Crippen LogP contribution in [-0.4, -0.2) is 20.4 Å². The standard InChI is InChI=1S/C23H13Cl2N3O.CH4/c24-17-7-4-14(5-8-17)23(29)16-6-9-21-20(11-16)19(12-22-27-26-13-28(21)22)15-2-1-3-18(25)10-15;/h1-13H;1H4. The van der Waals surface area contributed by atoms with Crippen LogP contribution in [0.1, 0.15) is 23.3 Å². The van der Waals surface area contributed by atoms with Crippen molar-refractivity contribution in [3.63, 3.8) is 0 Å². The highest BCUT2D eigenvalue weighted by atomic mass is 35.5. The summed E-state index contributed by atoms with van der Waals surface area (Å²) in [5, 5.41) is 10.4. The number of carbonyl (C=O) groups is 1. The van der Waals surface area contributed by atoms with Gasteiger partial charge in [-0.05, 0) is 71.8 Å². The molecule has 0 N–H and O–H groups in total. The maximum Gasteiger partial charge on any atom is 0.193 e. The van der Waals surface area contributed by atoms with Gasteiger partial charge in [0.25, 0.3) is 0 Å². The molecule has 0 fully saturated rings. The van der Waals surface area contributed by atoms with Gasteiger partial charge in [0.1, 0.15) is 6.33 Å². The summed E-state index contributed by atoms with van der Waals surface area (Å²) in [6, 6.07) is 22.1. The fraction of sp³-hybridized carbons (Fsp3) is 0.0417. The van der Waals surface area contributed by atoms with E-state index < -0.39 is 0 Å². The lowest BCUT2D eigenvalue weighted by Crippen LogP contribution is -2.02. The minimum atomic E-state index is -0.0653. The Balaban J connectivity index is 0.00000218. The summed E-state index contributed by atoms with van der Waals surface area (Å²) in [6.45, 7) is 0. The third kappa shape index (κ3) is 3.45. The lowest BCUT2D eigenvalue weighted by Gasteiger charge is -2.11. The number of ketones is 1. The lowest BCUT2D eigenvalue weighted by atomic mass is 9.96. The fourth-order valence-electron chi connectivity index (χ4n) is 3.50. The first-order chi connectivity index (χ1) is 14.1. The van der Waals surface area contributed by atoms with Gasteiger partial charge in [-0.3, -0.25) is 9.20 Å². The number of pyridine rings is 1. The zero-order valence-electron chi connectivity index (χ0n) is 15.0. The smallest absolute Gasteiger partial charge is 0.193 e. The van der Waals surface area contributed by atoms with E-state index in [-0.39, 0.29) is 13.2 Å². The largest absolute Gasteiger partial charge is 0.289 e. The van der Waals surface area contributed by atoms with Crippen molar-refractivity contribution in [3.05, 3.63) is 100 Å². The first-order valence-corrected chi connectivity index (χ1v) is 9.68. The van der Waals surface area contributed by atoms with Gasteiger partial charge in [-0.15, -0.1) is 10.2 Å². The Morgan fingerprint density at radius 1 is 0.833 bits per heavy atom. The van der Waals surface area contributed by atoms with Gasteiger partial charge in [-0.25, -0.2) is 0 Å². The van der Waals surface area contributed by atoms with E-state index in [2.05, 4.69) is 10.2 Å². The molecule has 3 aromatic carbocycles. The van der Waals surface area contributed by atoms with Gasteiger partial charge in [0, 0.05) is 26.6 Å². The van der Waals surface area contributed by atoms with Crippen LogP contribution in [0, 0.1) is 0 Å². The van der Waals surface area contributed by atoms with Crippen LogP contribution in [0.2, 0.25) is 10.0 Å². The molecule has 30 heavy (non-hydrogen) atoms.